The molecule has 2 rings (SSSR count). The van der Waals surface area contributed by atoms with Gasteiger partial charge in [-0.05, 0) is 43.4 Å². The number of rotatable bonds is 2. The van der Waals surface area contributed by atoms with E-state index in [9.17, 15) is 4.39 Å². The SMILES string of the molecule is CC1CCC(C#N)C(Oc2ccc(Br)cc2F)C1. The summed E-state index contributed by atoms with van der Waals surface area (Å²) in [5.41, 5.74) is 0. The van der Waals surface area contributed by atoms with E-state index >= 15 is 0 Å². The summed E-state index contributed by atoms with van der Waals surface area (Å²) in [7, 11) is 0. The second-order valence-corrected chi connectivity index (χ2v) is 5.80. The molecule has 1 aliphatic carbocycles. The normalized spacial score (nSPS) is 27.6. The van der Waals surface area contributed by atoms with Gasteiger partial charge >= 0.3 is 0 Å². The fourth-order valence-electron chi connectivity index (χ4n) is 2.34. The Hall–Kier alpha value is -1.08. The van der Waals surface area contributed by atoms with Crippen molar-refractivity contribution in [2.45, 2.75) is 32.3 Å². The van der Waals surface area contributed by atoms with Gasteiger partial charge in [-0.15, -0.1) is 0 Å². The maximum Gasteiger partial charge on any atom is 0.166 e. The molecule has 0 heterocycles. The summed E-state index contributed by atoms with van der Waals surface area (Å²) in [5, 5.41) is 9.11. The topological polar surface area (TPSA) is 33.0 Å². The third kappa shape index (κ3) is 3.02. The zero-order valence-electron chi connectivity index (χ0n) is 10.2. The van der Waals surface area contributed by atoms with Crippen LogP contribution in [0.4, 0.5) is 4.39 Å². The first kappa shape index (κ1) is 13.4. The molecule has 1 aromatic rings. The van der Waals surface area contributed by atoms with Crippen molar-refractivity contribution in [1.29, 1.82) is 5.26 Å². The van der Waals surface area contributed by atoms with Crippen molar-refractivity contribution in [3.05, 3.63) is 28.5 Å². The van der Waals surface area contributed by atoms with Gasteiger partial charge in [0.2, 0.25) is 0 Å². The fourth-order valence-corrected chi connectivity index (χ4v) is 2.67. The average Bonchev–Trinajstić information content (AvgIpc) is 2.33. The van der Waals surface area contributed by atoms with E-state index in [1.165, 1.54) is 6.07 Å². The molecule has 1 aliphatic rings. The molecule has 3 atom stereocenters. The Kier molecular flexibility index (Phi) is 4.23. The molecule has 1 aromatic carbocycles. The van der Waals surface area contributed by atoms with Gasteiger partial charge in [-0.1, -0.05) is 22.9 Å². The van der Waals surface area contributed by atoms with Gasteiger partial charge in [-0.2, -0.15) is 5.26 Å². The molecule has 0 N–H and O–H groups in total. The summed E-state index contributed by atoms with van der Waals surface area (Å²) in [4.78, 5) is 0. The summed E-state index contributed by atoms with van der Waals surface area (Å²) >= 11 is 3.21. The maximum absolute atomic E-state index is 13.7. The minimum absolute atomic E-state index is 0.135. The van der Waals surface area contributed by atoms with Gasteiger partial charge < -0.3 is 4.74 Å². The summed E-state index contributed by atoms with van der Waals surface area (Å²) in [5.74, 6) is 0.235. The number of hydrogen-bond donors (Lipinski definition) is 0. The van der Waals surface area contributed by atoms with Crippen molar-refractivity contribution in [1.82, 2.24) is 0 Å². The monoisotopic (exact) mass is 311 g/mol. The molecule has 1 saturated carbocycles. The molecule has 0 aliphatic heterocycles. The summed E-state index contributed by atoms with van der Waals surface area (Å²) in [6.07, 6.45) is 2.49. The molecular formula is C14H15BrFNO. The van der Waals surface area contributed by atoms with E-state index in [1.54, 1.807) is 12.1 Å². The molecule has 3 unspecified atom stereocenters. The molecule has 18 heavy (non-hydrogen) atoms. The molecule has 4 heteroatoms. The molecule has 0 spiro atoms. The van der Waals surface area contributed by atoms with Crippen LogP contribution in [-0.2, 0) is 0 Å². The molecule has 0 aromatic heterocycles. The minimum atomic E-state index is -0.390. The van der Waals surface area contributed by atoms with Crippen LogP contribution in [-0.4, -0.2) is 6.10 Å². The fraction of sp³-hybridized carbons (Fsp3) is 0.500. The number of hydrogen-bond acceptors (Lipinski definition) is 2. The molecule has 0 saturated heterocycles. The van der Waals surface area contributed by atoms with Crippen LogP contribution in [0.2, 0.25) is 0 Å². The van der Waals surface area contributed by atoms with Gasteiger partial charge in [0.25, 0.3) is 0 Å². The van der Waals surface area contributed by atoms with Gasteiger partial charge in [0.15, 0.2) is 11.6 Å². The largest absolute Gasteiger partial charge is 0.486 e. The van der Waals surface area contributed by atoms with Crippen LogP contribution < -0.4 is 4.74 Å². The zero-order chi connectivity index (χ0) is 13.1. The lowest BCUT2D eigenvalue weighted by Gasteiger charge is -2.31. The second-order valence-electron chi connectivity index (χ2n) is 4.88. The number of halogens is 2. The molecule has 2 nitrogen and oxygen atoms in total. The molecule has 1 fully saturated rings. The van der Waals surface area contributed by atoms with E-state index in [-0.39, 0.29) is 23.6 Å². The number of ether oxygens (including phenoxy) is 1. The first-order chi connectivity index (χ1) is 8.60. The summed E-state index contributed by atoms with van der Waals surface area (Å²) in [6, 6.07) is 6.99. The van der Waals surface area contributed by atoms with Crippen LogP contribution in [0.5, 0.6) is 5.75 Å². The lowest BCUT2D eigenvalue weighted by atomic mass is 9.81. The van der Waals surface area contributed by atoms with Crippen molar-refractivity contribution in [2.24, 2.45) is 11.8 Å². The van der Waals surface area contributed by atoms with Gasteiger partial charge in [0.05, 0.1) is 12.0 Å². The van der Waals surface area contributed by atoms with Gasteiger partial charge in [-0.25, -0.2) is 4.39 Å². The summed E-state index contributed by atoms with van der Waals surface area (Å²) in [6.45, 7) is 2.14. The van der Waals surface area contributed by atoms with Crippen molar-refractivity contribution in [3.63, 3.8) is 0 Å². The van der Waals surface area contributed by atoms with Crippen LogP contribution in [0, 0.1) is 29.0 Å². The lowest BCUT2D eigenvalue weighted by Crippen LogP contribution is -2.32. The molecule has 0 bridgehead atoms. The standard InChI is InChI=1S/C14H15BrFNO/c1-9-2-3-10(8-17)14(6-9)18-13-5-4-11(15)7-12(13)16/h4-5,7,9-10,14H,2-3,6H2,1H3. The van der Waals surface area contributed by atoms with Gasteiger partial charge in [-0.3, -0.25) is 0 Å². The third-order valence-electron chi connectivity index (χ3n) is 3.39. The maximum atomic E-state index is 13.7. The van der Waals surface area contributed by atoms with Crippen LogP contribution >= 0.6 is 15.9 Å². The van der Waals surface area contributed by atoms with Crippen molar-refractivity contribution < 1.29 is 9.13 Å². The van der Waals surface area contributed by atoms with E-state index in [0.717, 1.165) is 19.3 Å². The number of nitrogens with zero attached hydrogens (tertiary/aromatic N) is 1. The third-order valence-corrected chi connectivity index (χ3v) is 3.89. The van der Waals surface area contributed by atoms with Crippen molar-refractivity contribution in [2.75, 3.05) is 0 Å². The first-order valence-corrected chi connectivity index (χ1v) is 6.90. The highest BCUT2D eigenvalue weighted by Crippen LogP contribution is 2.32. The van der Waals surface area contributed by atoms with Crippen LogP contribution in [0.1, 0.15) is 26.2 Å². The molecule has 0 radical (unpaired) electrons. The Bertz CT molecular complexity index is 471. The predicted molar refractivity (Wildman–Crippen MR) is 70.6 cm³/mol. The number of benzene rings is 1. The van der Waals surface area contributed by atoms with E-state index in [0.29, 0.717) is 10.4 Å². The number of nitriles is 1. The van der Waals surface area contributed by atoms with Crippen LogP contribution in [0.3, 0.4) is 0 Å². The minimum Gasteiger partial charge on any atom is -0.486 e. The Morgan fingerprint density at radius 1 is 1.44 bits per heavy atom. The zero-order valence-corrected chi connectivity index (χ0v) is 11.8. The second kappa shape index (κ2) is 5.71. The Morgan fingerprint density at radius 3 is 2.89 bits per heavy atom. The van der Waals surface area contributed by atoms with E-state index in [1.807, 2.05) is 0 Å². The molecule has 0 amide bonds. The predicted octanol–water partition coefficient (Wildman–Crippen LogP) is 4.30. The average molecular weight is 312 g/mol. The Morgan fingerprint density at radius 2 is 2.22 bits per heavy atom. The van der Waals surface area contributed by atoms with Crippen LogP contribution in [0.25, 0.3) is 0 Å². The smallest absolute Gasteiger partial charge is 0.166 e. The van der Waals surface area contributed by atoms with Crippen molar-refractivity contribution >= 4 is 15.9 Å². The first-order valence-electron chi connectivity index (χ1n) is 6.11. The van der Waals surface area contributed by atoms with E-state index in [2.05, 4.69) is 28.9 Å². The highest BCUT2D eigenvalue weighted by Gasteiger charge is 2.30. The van der Waals surface area contributed by atoms with Crippen LogP contribution in [0.15, 0.2) is 22.7 Å². The Balaban J connectivity index is 2.13. The molecular weight excluding hydrogens is 297 g/mol. The highest BCUT2D eigenvalue weighted by atomic mass is 79.9. The van der Waals surface area contributed by atoms with E-state index < -0.39 is 0 Å². The lowest BCUT2D eigenvalue weighted by molar-refractivity contribution is 0.0915. The summed E-state index contributed by atoms with van der Waals surface area (Å²) < 4.78 is 20.1. The van der Waals surface area contributed by atoms with Crippen molar-refractivity contribution in [3.8, 4) is 11.8 Å². The molecule has 96 valence electrons. The van der Waals surface area contributed by atoms with E-state index in [4.69, 9.17) is 10.00 Å². The highest BCUT2D eigenvalue weighted by molar-refractivity contribution is 9.10. The Labute approximate surface area is 115 Å². The van der Waals surface area contributed by atoms with Gasteiger partial charge in [0, 0.05) is 4.47 Å². The quantitative estimate of drug-likeness (QED) is 0.816. The van der Waals surface area contributed by atoms with Gasteiger partial charge in [0.1, 0.15) is 6.10 Å².